The Morgan fingerprint density at radius 3 is 2.40 bits per heavy atom. The van der Waals surface area contributed by atoms with Gasteiger partial charge in [0.05, 0.1) is 0 Å². The van der Waals surface area contributed by atoms with Gasteiger partial charge in [0.1, 0.15) is 0 Å². The van der Waals surface area contributed by atoms with E-state index in [1.807, 2.05) is 0 Å². The zero-order valence-electron chi connectivity index (χ0n) is 6.64. The van der Waals surface area contributed by atoms with E-state index in [0.717, 1.165) is 6.42 Å². The Morgan fingerprint density at radius 1 is 1.40 bits per heavy atom. The van der Waals surface area contributed by atoms with Crippen molar-refractivity contribution in [2.24, 2.45) is 5.41 Å². The number of hydrogen-bond donors (Lipinski definition) is 1. The van der Waals surface area contributed by atoms with Crippen molar-refractivity contribution >= 4 is 0 Å². The highest BCUT2D eigenvalue weighted by Crippen LogP contribution is 2.39. The number of rotatable bonds is 3. The van der Waals surface area contributed by atoms with Gasteiger partial charge >= 0.3 is 0 Å². The van der Waals surface area contributed by atoms with E-state index < -0.39 is 0 Å². The number of aliphatic hydroxyl groups excluding tert-OH is 1. The molecule has 0 heterocycles. The Labute approximate surface area is 62.8 Å². The van der Waals surface area contributed by atoms with E-state index in [0.29, 0.717) is 12.0 Å². The molecule has 0 saturated heterocycles. The van der Waals surface area contributed by atoms with Gasteiger partial charge in [-0.05, 0) is 31.1 Å². The van der Waals surface area contributed by atoms with Crippen molar-refractivity contribution < 1.29 is 5.11 Å². The minimum atomic E-state index is 0.343. The first kappa shape index (κ1) is 7.80. The first-order valence-corrected chi connectivity index (χ1v) is 4.09. The molecule has 0 radical (unpaired) electrons. The van der Waals surface area contributed by atoms with Crippen LogP contribution in [0.15, 0.2) is 12.2 Å². The maximum atomic E-state index is 8.80. The van der Waals surface area contributed by atoms with Gasteiger partial charge in [0.2, 0.25) is 0 Å². The second-order valence-electron chi connectivity index (χ2n) is 3.21. The van der Waals surface area contributed by atoms with Crippen molar-refractivity contribution in [3.63, 3.8) is 0 Å². The van der Waals surface area contributed by atoms with Crippen LogP contribution in [-0.2, 0) is 0 Å². The maximum Gasteiger partial charge on any atom is 0.0436 e. The van der Waals surface area contributed by atoms with Crippen LogP contribution in [-0.4, -0.2) is 11.7 Å². The molecule has 0 spiro atoms. The van der Waals surface area contributed by atoms with Crippen LogP contribution in [0.2, 0.25) is 0 Å². The van der Waals surface area contributed by atoms with Gasteiger partial charge in [0.25, 0.3) is 0 Å². The summed E-state index contributed by atoms with van der Waals surface area (Å²) in [5, 5.41) is 8.80. The van der Waals surface area contributed by atoms with Crippen LogP contribution in [0.4, 0.5) is 0 Å². The van der Waals surface area contributed by atoms with Crippen molar-refractivity contribution in [2.45, 2.75) is 32.6 Å². The molecule has 0 aromatic heterocycles. The molecule has 58 valence electrons. The third-order valence-electron chi connectivity index (χ3n) is 2.66. The summed E-state index contributed by atoms with van der Waals surface area (Å²) in [6, 6.07) is 0. The maximum absolute atomic E-state index is 8.80. The zero-order valence-corrected chi connectivity index (χ0v) is 6.64. The molecule has 1 rings (SSSR count). The predicted molar refractivity (Wildman–Crippen MR) is 42.8 cm³/mol. The molecule has 0 saturated carbocycles. The minimum absolute atomic E-state index is 0.343. The summed E-state index contributed by atoms with van der Waals surface area (Å²) in [5.41, 5.74) is 0.425. The first-order valence-electron chi connectivity index (χ1n) is 4.09. The van der Waals surface area contributed by atoms with Gasteiger partial charge in [-0.1, -0.05) is 19.1 Å². The molecule has 10 heavy (non-hydrogen) atoms. The fourth-order valence-corrected chi connectivity index (χ4v) is 1.66. The standard InChI is InChI=1S/C9H16O/c1-2-9(7-8-10)5-3-4-6-9/h3-4,10H,2,5-8H2,1H3. The lowest BCUT2D eigenvalue weighted by Gasteiger charge is -2.26. The SMILES string of the molecule is CCC1(CCO)CC=CC1. The highest BCUT2D eigenvalue weighted by molar-refractivity contribution is 5.02. The molecule has 0 fully saturated rings. The van der Waals surface area contributed by atoms with Crippen molar-refractivity contribution in [2.75, 3.05) is 6.61 Å². The molecule has 0 bridgehead atoms. The van der Waals surface area contributed by atoms with Gasteiger partial charge < -0.3 is 5.11 Å². The second-order valence-corrected chi connectivity index (χ2v) is 3.21. The number of aliphatic hydroxyl groups is 1. The van der Waals surface area contributed by atoms with E-state index in [2.05, 4.69) is 19.1 Å². The van der Waals surface area contributed by atoms with Crippen LogP contribution >= 0.6 is 0 Å². The molecule has 0 aromatic carbocycles. The molecular weight excluding hydrogens is 124 g/mol. The number of hydrogen-bond acceptors (Lipinski definition) is 1. The van der Waals surface area contributed by atoms with E-state index in [9.17, 15) is 0 Å². The van der Waals surface area contributed by atoms with Crippen molar-refractivity contribution in [3.05, 3.63) is 12.2 Å². The molecule has 0 unspecified atom stereocenters. The quantitative estimate of drug-likeness (QED) is 0.595. The fraction of sp³-hybridized carbons (Fsp3) is 0.778. The summed E-state index contributed by atoms with van der Waals surface area (Å²) in [5.74, 6) is 0. The van der Waals surface area contributed by atoms with Crippen LogP contribution in [0, 0.1) is 5.41 Å². The van der Waals surface area contributed by atoms with Crippen LogP contribution in [0.25, 0.3) is 0 Å². The molecule has 0 amide bonds. The lowest BCUT2D eigenvalue weighted by atomic mass is 9.80. The summed E-state index contributed by atoms with van der Waals surface area (Å²) in [7, 11) is 0. The predicted octanol–water partition coefficient (Wildman–Crippen LogP) is 2.12. The normalized spacial score (nSPS) is 21.8. The zero-order chi connectivity index (χ0) is 7.45. The molecule has 0 aromatic rings. The Hall–Kier alpha value is -0.300. The average molecular weight is 140 g/mol. The summed E-state index contributed by atoms with van der Waals surface area (Å²) >= 11 is 0. The lowest BCUT2D eigenvalue weighted by molar-refractivity contribution is 0.185. The van der Waals surface area contributed by atoms with E-state index >= 15 is 0 Å². The number of allylic oxidation sites excluding steroid dienone is 2. The minimum Gasteiger partial charge on any atom is -0.396 e. The average Bonchev–Trinajstić information content (AvgIpc) is 2.39. The van der Waals surface area contributed by atoms with Crippen LogP contribution in [0.5, 0.6) is 0 Å². The monoisotopic (exact) mass is 140 g/mol. The van der Waals surface area contributed by atoms with Crippen molar-refractivity contribution in [1.29, 1.82) is 0 Å². The molecule has 1 N–H and O–H groups in total. The summed E-state index contributed by atoms with van der Waals surface area (Å²) in [4.78, 5) is 0. The molecule has 0 aliphatic heterocycles. The second kappa shape index (κ2) is 3.20. The molecule has 1 aliphatic rings. The Bertz CT molecular complexity index is 119. The van der Waals surface area contributed by atoms with Gasteiger partial charge in [0, 0.05) is 6.61 Å². The molecule has 1 aliphatic carbocycles. The van der Waals surface area contributed by atoms with Gasteiger partial charge in [-0.2, -0.15) is 0 Å². The van der Waals surface area contributed by atoms with Crippen molar-refractivity contribution in [1.82, 2.24) is 0 Å². The molecule has 1 heteroatoms. The van der Waals surface area contributed by atoms with Crippen molar-refractivity contribution in [3.8, 4) is 0 Å². The van der Waals surface area contributed by atoms with E-state index in [-0.39, 0.29) is 0 Å². The Balaban J connectivity index is 2.44. The summed E-state index contributed by atoms with van der Waals surface area (Å²) < 4.78 is 0. The lowest BCUT2D eigenvalue weighted by Crippen LogP contribution is -2.16. The van der Waals surface area contributed by atoms with Crippen LogP contribution < -0.4 is 0 Å². The third kappa shape index (κ3) is 1.40. The van der Waals surface area contributed by atoms with E-state index in [1.165, 1.54) is 19.3 Å². The van der Waals surface area contributed by atoms with Gasteiger partial charge in [-0.25, -0.2) is 0 Å². The molecule has 1 nitrogen and oxygen atoms in total. The van der Waals surface area contributed by atoms with E-state index in [1.54, 1.807) is 0 Å². The van der Waals surface area contributed by atoms with Crippen LogP contribution in [0.3, 0.4) is 0 Å². The van der Waals surface area contributed by atoms with Gasteiger partial charge in [-0.15, -0.1) is 0 Å². The summed E-state index contributed by atoms with van der Waals surface area (Å²) in [6.07, 6.45) is 8.98. The van der Waals surface area contributed by atoms with E-state index in [4.69, 9.17) is 5.11 Å². The first-order chi connectivity index (χ1) is 4.83. The Morgan fingerprint density at radius 2 is 2.00 bits per heavy atom. The topological polar surface area (TPSA) is 20.2 Å². The highest BCUT2D eigenvalue weighted by Gasteiger charge is 2.27. The molecular formula is C9H16O. The third-order valence-corrected chi connectivity index (χ3v) is 2.66. The largest absolute Gasteiger partial charge is 0.396 e. The Kier molecular flexibility index (Phi) is 2.50. The van der Waals surface area contributed by atoms with Gasteiger partial charge in [-0.3, -0.25) is 0 Å². The highest BCUT2D eigenvalue weighted by atomic mass is 16.3. The van der Waals surface area contributed by atoms with Gasteiger partial charge in [0.15, 0.2) is 0 Å². The summed E-state index contributed by atoms with van der Waals surface area (Å²) in [6.45, 7) is 2.55. The van der Waals surface area contributed by atoms with Crippen LogP contribution in [0.1, 0.15) is 32.6 Å². The smallest absolute Gasteiger partial charge is 0.0436 e. The fourth-order valence-electron chi connectivity index (χ4n) is 1.66. The molecule has 0 atom stereocenters.